The predicted molar refractivity (Wildman–Crippen MR) is 527 cm³/mol. The van der Waals surface area contributed by atoms with Crippen LogP contribution in [0.1, 0.15) is 79.0 Å². The SMILES string of the molecule is CC(C)(C)c1cc(-c2ccccc2)c(N2c3ccc(-c4cc5ccc6cc(C(C)(C)C)cc7ccc(c4)c5c67)cc3B3c4ccc(-n5c6ccccc6c6ccccc65)cc4N(c4c(-c5ccccc5)cc(C(C)(C)C)cc4-c4ccccc4)c4cc(N(c5ccc(-c6ccccc6)cc5)c5ccc(-c6ccccc6)cc5)cc2c43)c(-c2ccccc2)c1. The zero-order chi connectivity index (χ0) is 83.1. The van der Waals surface area contributed by atoms with Crippen molar-refractivity contribution in [1.82, 2.24) is 4.57 Å². The number of rotatable bonds is 13. The average molecular weight is 1580 g/mol. The highest BCUT2D eigenvalue weighted by Gasteiger charge is 2.47. The monoisotopic (exact) mass is 1580 g/mol. The molecule has 0 unspecified atom stereocenters. The summed E-state index contributed by atoms with van der Waals surface area (Å²) >= 11 is 0. The zero-order valence-electron chi connectivity index (χ0n) is 71.0. The molecule has 0 N–H and O–H groups in total. The van der Waals surface area contributed by atoms with Crippen molar-refractivity contribution in [1.29, 1.82) is 0 Å². The fraction of sp³-hybridized carbons (Fsp3) is 0.102. The normalized spacial score (nSPS) is 12.7. The molecule has 19 aromatic carbocycles. The molecule has 5 heteroatoms. The Morgan fingerprint density at radius 3 is 0.976 bits per heavy atom. The highest BCUT2D eigenvalue weighted by molar-refractivity contribution is 7.00. The Bertz CT molecular complexity index is 7180. The van der Waals surface area contributed by atoms with Crippen LogP contribution in [0.4, 0.5) is 51.2 Å². The van der Waals surface area contributed by atoms with Crippen molar-refractivity contribution in [3.05, 3.63) is 417 Å². The smallest absolute Gasteiger partial charge is 0.252 e. The molecule has 4 nitrogen and oxygen atoms in total. The number of nitrogens with zero attached hydrogens (tertiary/aromatic N) is 4. The van der Waals surface area contributed by atoms with Crippen LogP contribution >= 0.6 is 0 Å². The molecule has 1 aromatic heterocycles. The molecule has 0 bridgehead atoms. The Labute approximate surface area is 722 Å². The second-order valence-corrected chi connectivity index (χ2v) is 36.8. The largest absolute Gasteiger partial charge is 0.310 e. The summed E-state index contributed by atoms with van der Waals surface area (Å²) in [5.41, 5.74) is 35.8. The van der Waals surface area contributed by atoms with Gasteiger partial charge in [-0.05, 0) is 240 Å². The number of para-hydroxylation sites is 2. The van der Waals surface area contributed by atoms with E-state index in [1.807, 2.05) is 0 Å². The van der Waals surface area contributed by atoms with Crippen molar-refractivity contribution >= 4 is 128 Å². The number of fused-ring (bicyclic) bond motifs is 7. The second kappa shape index (κ2) is 29.1. The third-order valence-corrected chi connectivity index (χ3v) is 26.1. The minimum atomic E-state index is -0.358. The molecule has 2 aliphatic heterocycles. The van der Waals surface area contributed by atoms with Crippen molar-refractivity contribution in [3.63, 3.8) is 0 Å². The number of anilines is 9. The summed E-state index contributed by atoms with van der Waals surface area (Å²) in [5.74, 6) is 0. The molecule has 0 aliphatic carbocycles. The Morgan fingerprint density at radius 1 is 0.236 bits per heavy atom. The molecular weight excluding hydrogens is 1480 g/mol. The van der Waals surface area contributed by atoms with Gasteiger partial charge in [-0.1, -0.05) is 360 Å². The van der Waals surface area contributed by atoms with Crippen LogP contribution in [0.2, 0.25) is 0 Å². The standard InChI is InChI=1S/C118H93BN4/c1-116(2,3)90-66-87-50-48-85-64-89(65-86-49-51-88(67-90)112(87)111(85)86)84-56-63-107-104(68-84)119-103-62-61-95(121-105-46-30-28-44-97(105)98-45-29-31-47-106(98)121)73-108(103)123(115-101(82-40-24-14-25-41-82)71-92(118(7,8)9)72-102(115)83-42-26-15-27-43-83)110-75-96(120(93-57-52-78(53-58-93)76-32-16-10-17-33-76)94-59-54-79(55-60-94)77-34-18-11-19-35-77)74-109(113(110)119)122(107)114-99(80-36-20-12-21-37-80)69-91(117(4,5)6)70-100(114)81-38-22-13-23-39-81/h10-75H,1-9H3. The highest BCUT2D eigenvalue weighted by atomic mass is 15.2. The van der Waals surface area contributed by atoms with Crippen LogP contribution in [0, 0.1) is 0 Å². The number of hydrogen-bond acceptors (Lipinski definition) is 3. The van der Waals surface area contributed by atoms with E-state index in [1.54, 1.807) is 0 Å². The van der Waals surface area contributed by atoms with Gasteiger partial charge in [0.25, 0.3) is 6.71 Å². The van der Waals surface area contributed by atoms with E-state index in [0.717, 1.165) is 140 Å². The van der Waals surface area contributed by atoms with E-state index in [1.165, 1.54) is 81.7 Å². The maximum Gasteiger partial charge on any atom is 0.252 e. The third kappa shape index (κ3) is 12.8. The first-order valence-corrected chi connectivity index (χ1v) is 43.4. The van der Waals surface area contributed by atoms with Gasteiger partial charge in [0.1, 0.15) is 0 Å². The van der Waals surface area contributed by atoms with E-state index in [-0.39, 0.29) is 23.0 Å². The van der Waals surface area contributed by atoms with Gasteiger partial charge >= 0.3 is 0 Å². The minimum Gasteiger partial charge on any atom is -0.310 e. The van der Waals surface area contributed by atoms with E-state index in [2.05, 4.69) is 482 Å². The molecule has 22 rings (SSSR count). The van der Waals surface area contributed by atoms with Gasteiger partial charge in [-0.25, -0.2) is 0 Å². The molecule has 0 fully saturated rings. The molecule has 3 heterocycles. The Morgan fingerprint density at radius 2 is 0.577 bits per heavy atom. The van der Waals surface area contributed by atoms with Gasteiger partial charge in [-0.3, -0.25) is 0 Å². The Kier molecular flexibility index (Phi) is 17.7. The molecule has 0 spiro atoms. The van der Waals surface area contributed by atoms with E-state index in [4.69, 9.17) is 0 Å². The van der Waals surface area contributed by atoms with Crippen LogP contribution in [-0.2, 0) is 16.2 Å². The second-order valence-electron chi connectivity index (χ2n) is 36.8. The first kappa shape index (κ1) is 74.8. The summed E-state index contributed by atoms with van der Waals surface area (Å²) < 4.78 is 2.52. The van der Waals surface area contributed by atoms with Crippen molar-refractivity contribution in [2.24, 2.45) is 0 Å². The topological polar surface area (TPSA) is 14.7 Å². The van der Waals surface area contributed by atoms with E-state index in [0.29, 0.717) is 0 Å². The van der Waals surface area contributed by atoms with Gasteiger partial charge < -0.3 is 19.3 Å². The third-order valence-electron chi connectivity index (χ3n) is 26.1. The van der Waals surface area contributed by atoms with Crippen LogP contribution in [0.5, 0.6) is 0 Å². The van der Waals surface area contributed by atoms with E-state index >= 15 is 0 Å². The number of hydrogen-bond donors (Lipinski definition) is 0. The van der Waals surface area contributed by atoms with Gasteiger partial charge in [0.2, 0.25) is 0 Å². The summed E-state index contributed by atoms with van der Waals surface area (Å²) in [7, 11) is 0. The average Bonchev–Trinajstić information content (AvgIpc) is 0.976. The summed E-state index contributed by atoms with van der Waals surface area (Å²) in [6.45, 7) is 20.8. The van der Waals surface area contributed by atoms with Crippen molar-refractivity contribution in [3.8, 4) is 83.6 Å². The van der Waals surface area contributed by atoms with Gasteiger partial charge in [-0.2, -0.15) is 0 Å². The molecule has 20 aromatic rings. The van der Waals surface area contributed by atoms with E-state index in [9.17, 15) is 0 Å². The van der Waals surface area contributed by atoms with Gasteiger partial charge in [0, 0.05) is 72.8 Å². The summed E-state index contributed by atoms with van der Waals surface area (Å²) in [4.78, 5) is 8.00. The minimum absolute atomic E-state index is 0.00282. The maximum atomic E-state index is 2.74. The van der Waals surface area contributed by atoms with Crippen molar-refractivity contribution < 1.29 is 0 Å². The van der Waals surface area contributed by atoms with Gasteiger partial charge in [0.05, 0.1) is 28.1 Å². The summed E-state index contributed by atoms with van der Waals surface area (Å²) in [5, 5.41) is 10.1. The lowest BCUT2D eigenvalue weighted by atomic mass is 9.33. The molecule has 2 aliphatic rings. The Balaban J connectivity index is 0.922. The van der Waals surface area contributed by atoms with Crippen molar-refractivity contribution in [2.45, 2.75) is 78.6 Å². The number of aromatic nitrogens is 1. The lowest BCUT2D eigenvalue weighted by molar-refractivity contribution is 0.590. The first-order chi connectivity index (χ1) is 59.9. The molecule has 123 heavy (non-hydrogen) atoms. The molecule has 0 amide bonds. The van der Waals surface area contributed by atoms with Gasteiger partial charge in [0.15, 0.2) is 0 Å². The van der Waals surface area contributed by atoms with Crippen molar-refractivity contribution in [2.75, 3.05) is 14.7 Å². The van der Waals surface area contributed by atoms with Crippen LogP contribution < -0.4 is 31.1 Å². The molecule has 0 radical (unpaired) electrons. The first-order valence-electron chi connectivity index (χ1n) is 43.4. The predicted octanol–water partition coefficient (Wildman–Crippen LogP) is 30.8. The summed E-state index contributed by atoms with van der Waals surface area (Å²) in [6.07, 6.45) is 0. The fourth-order valence-electron chi connectivity index (χ4n) is 19.8. The van der Waals surface area contributed by atoms with E-state index < -0.39 is 0 Å². The van der Waals surface area contributed by atoms with Crippen LogP contribution in [0.3, 0.4) is 0 Å². The maximum absolute atomic E-state index is 2.74. The molecule has 0 saturated heterocycles. The van der Waals surface area contributed by atoms with Gasteiger partial charge in [-0.15, -0.1) is 0 Å². The molecule has 588 valence electrons. The lowest BCUT2D eigenvalue weighted by Gasteiger charge is -2.46. The van der Waals surface area contributed by atoms with Crippen LogP contribution in [0.15, 0.2) is 400 Å². The molecule has 0 atom stereocenters. The fourth-order valence-corrected chi connectivity index (χ4v) is 19.8. The molecule has 0 saturated carbocycles. The highest BCUT2D eigenvalue weighted by Crippen LogP contribution is 2.57. The molecular formula is C118H93BN4. The van der Waals surface area contributed by atoms with Crippen LogP contribution in [-0.4, -0.2) is 11.3 Å². The quantitative estimate of drug-likeness (QED) is 0.0845. The number of benzene rings is 19. The summed E-state index contributed by atoms with van der Waals surface area (Å²) in [6, 6.07) is 153. The van der Waals surface area contributed by atoms with Crippen LogP contribution in [0.25, 0.3) is 138 Å². The zero-order valence-corrected chi connectivity index (χ0v) is 71.0. The Hall–Kier alpha value is -14.5. The lowest BCUT2D eigenvalue weighted by Crippen LogP contribution is -2.61.